The van der Waals surface area contributed by atoms with Gasteiger partial charge in [0.2, 0.25) is 11.8 Å². The number of hydrogen-bond donors (Lipinski definition) is 3. The molecule has 7 unspecified atom stereocenters. The van der Waals surface area contributed by atoms with Crippen molar-refractivity contribution in [3.63, 3.8) is 0 Å². The largest absolute Gasteiger partial charge is 0.467 e. The molecule has 3 rings (SSSR count). The van der Waals surface area contributed by atoms with E-state index in [1.54, 1.807) is 19.4 Å². The lowest BCUT2D eigenvalue weighted by Gasteiger charge is -2.56. The van der Waals surface area contributed by atoms with Crippen LogP contribution < -0.4 is 10.6 Å². The Morgan fingerprint density at radius 3 is 2.77 bits per heavy atom. The number of fused-ring (bicyclic) bond motifs is 1. The Morgan fingerprint density at radius 2 is 2.10 bits per heavy atom. The van der Waals surface area contributed by atoms with Crippen LogP contribution in [0, 0.1) is 29.1 Å². The molecule has 1 aromatic rings. The SMILES string of the molecule is COCCC(=O)NC1CCC2(C)CCC(C(C)C(=O)NCc3ccco3)C(O)C2C1C. The van der Waals surface area contributed by atoms with Gasteiger partial charge in [0.25, 0.3) is 0 Å². The van der Waals surface area contributed by atoms with E-state index < -0.39 is 6.10 Å². The van der Waals surface area contributed by atoms with Gasteiger partial charge in [0.15, 0.2) is 0 Å². The molecule has 2 aliphatic rings. The number of methoxy groups -OCH3 is 1. The second kappa shape index (κ2) is 10.2. The first-order valence-electron chi connectivity index (χ1n) is 11.5. The van der Waals surface area contributed by atoms with Crippen molar-refractivity contribution >= 4 is 11.8 Å². The number of hydrogen-bond acceptors (Lipinski definition) is 5. The summed E-state index contributed by atoms with van der Waals surface area (Å²) in [6.45, 7) is 7.07. The second-order valence-electron chi connectivity index (χ2n) is 9.77. The lowest BCUT2D eigenvalue weighted by Crippen LogP contribution is -2.58. The Bertz CT molecular complexity index is 736. The Morgan fingerprint density at radius 1 is 1.35 bits per heavy atom. The Hall–Kier alpha value is -1.86. The zero-order valence-electron chi connectivity index (χ0n) is 19.2. The minimum atomic E-state index is -0.572. The summed E-state index contributed by atoms with van der Waals surface area (Å²) in [4.78, 5) is 25.0. The van der Waals surface area contributed by atoms with Gasteiger partial charge < -0.3 is 24.9 Å². The number of rotatable bonds is 8. The van der Waals surface area contributed by atoms with E-state index in [1.165, 1.54) is 0 Å². The van der Waals surface area contributed by atoms with Crippen molar-refractivity contribution in [3.05, 3.63) is 24.2 Å². The first kappa shape index (κ1) is 23.8. The number of aliphatic hydroxyl groups is 1. The molecule has 1 heterocycles. The number of furan rings is 1. The maximum Gasteiger partial charge on any atom is 0.223 e. The molecule has 0 aromatic carbocycles. The summed E-state index contributed by atoms with van der Waals surface area (Å²) in [5.74, 6) is 0.449. The van der Waals surface area contributed by atoms with Crippen molar-refractivity contribution in [2.45, 2.75) is 71.6 Å². The van der Waals surface area contributed by atoms with Crippen LogP contribution in [0.25, 0.3) is 0 Å². The zero-order chi connectivity index (χ0) is 22.6. The highest BCUT2D eigenvalue weighted by atomic mass is 16.5. The number of aliphatic hydroxyl groups excluding tert-OH is 1. The predicted molar refractivity (Wildman–Crippen MR) is 117 cm³/mol. The molecule has 2 fully saturated rings. The standard InChI is InChI=1S/C24H38N2O5/c1-15(23(29)25-14-17-6-5-12-31-17)18-7-10-24(3)11-8-19(16(2)21(24)22(18)28)26-20(27)9-13-30-4/h5-6,12,15-16,18-19,21-22,28H,7-11,13-14H2,1-4H3,(H,25,29)(H,26,27). The maximum absolute atomic E-state index is 12.8. The van der Waals surface area contributed by atoms with Gasteiger partial charge >= 0.3 is 0 Å². The zero-order valence-corrected chi connectivity index (χ0v) is 19.2. The van der Waals surface area contributed by atoms with Gasteiger partial charge in [0.1, 0.15) is 5.76 Å². The summed E-state index contributed by atoms with van der Waals surface area (Å²) in [5, 5.41) is 17.5. The fraction of sp³-hybridized carbons (Fsp3) is 0.750. The molecule has 174 valence electrons. The third-order valence-corrected chi connectivity index (χ3v) is 7.84. The van der Waals surface area contributed by atoms with E-state index in [0.29, 0.717) is 25.3 Å². The van der Waals surface area contributed by atoms with Crippen LogP contribution >= 0.6 is 0 Å². The van der Waals surface area contributed by atoms with Gasteiger partial charge in [-0.25, -0.2) is 0 Å². The summed E-state index contributed by atoms with van der Waals surface area (Å²) in [6, 6.07) is 3.67. The smallest absolute Gasteiger partial charge is 0.223 e. The minimum Gasteiger partial charge on any atom is -0.467 e. The maximum atomic E-state index is 12.8. The highest BCUT2D eigenvalue weighted by Crippen LogP contribution is 2.55. The Kier molecular flexibility index (Phi) is 7.81. The topological polar surface area (TPSA) is 101 Å². The van der Waals surface area contributed by atoms with E-state index in [4.69, 9.17) is 9.15 Å². The van der Waals surface area contributed by atoms with Gasteiger partial charge in [-0.2, -0.15) is 0 Å². The first-order valence-corrected chi connectivity index (χ1v) is 11.5. The van der Waals surface area contributed by atoms with Gasteiger partial charge in [-0.05, 0) is 61.0 Å². The lowest BCUT2D eigenvalue weighted by atomic mass is 9.51. The van der Waals surface area contributed by atoms with Crippen molar-refractivity contribution < 1.29 is 23.8 Å². The quantitative estimate of drug-likeness (QED) is 0.584. The summed E-state index contributed by atoms with van der Waals surface area (Å²) in [7, 11) is 1.59. The highest BCUT2D eigenvalue weighted by Gasteiger charge is 2.53. The van der Waals surface area contributed by atoms with Gasteiger partial charge in [-0.1, -0.05) is 20.8 Å². The summed E-state index contributed by atoms with van der Waals surface area (Å²) >= 11 is 0. The molecule has 7 heteroatoms. The molecule has 3 N–H and O–H groups in total. The highest BCUT2D eigenvalue weighted by molar-refractivity contribution is 5.78. The van der Waals surface area contributed by atoms with Crippen LogP contribution in [0.15, 0.2) is 22.8 Å². The summed E-state index contributed by atoms with van der Waals surface area (Å²) < 4.78 is 10.3. The van der Waals surface area contributed by atoms with Crippen molar-refractivity contribution in [3.8, 4) is 0 Å². The van der Waals surface area contributed by atoms with E-state index in [0.717, 1.165) is 25.7 Å². The van der Waals surface area contributed by atoms with Crippen LogP contribution in [-0.2, 0) is 20.9 Å². The van der Waals surface area contributed by atoms with E-state index in [-0.39, 0.29) is 46.9 Å². The number of carbonyl (C=O) groups is 2. The van der Waals surface area contributed by atoms with Crippen LogP contribution in [0.2, 0.25) is 0 Å². The van der Waals surface area contributed by atoms with Gasteiger partial charge in [0, 0.05) is 25.5 Å². The van der Waals surface area contributed by atoms with Crippen LogP contribution in [-0.4, -0.2) is 42.8 Å². The minimum absolute atomic E-state index is 0.00479. The van der Waals surface area contributed by atoms with Crippen LogP contribution in [0.3, 0.4) is 0 Å². The van der Waals surface area contributed by atoms with Crippen molar-refractivity contribution in [1.29, 1.82) is 0 Å². The first-order chi connectivity index (χ1) is 14.8. The van der Waals surface area contributed by atoms with E-state index in [9.17, 15) is 14.7 Å². The molecule has 0 saturated heterocycles. The molecule has 1 aromatic heterocycles. The van der Waals surface area contributed by atoms with E-state index in [2.05, 4.69) is 24.5 Å². The molecule has 7 nitrogen and oxygen atoms in total. The van der Waals surface area contributed by atoms with Crippen LogP contribution in [0.1, 0.15) is 58.6 Å². The molecular formula is C24H38N2O5. The van der Waals surface area contributed by atoms with Gasteiger partial charge in [0.05, 0.1) is 25.5 Å². The third-order valence-electron chi connectivity index (χ3n) is 7.84. The molecule has 2 saturated carbocycles. The third kappa shape index (κ3) is 5.32. The normalized spacial score (nSPS) is 33.9. The molecule has 7 atom stereocenters. The van der Waals surface area contributed by atoms with Crippen molar-refractivity contribution in [1.82, 2.24) is 10.6 Å². The fourth-order valence-electron chi connectivity index (χ4n) is 5.91. The van der Waals surface area contributed by atoms with Crippen molar-refractivity contribution in [2.75, 3.05) is 13.7 Å². The molecule has 0 aliphatic heterocycles. The summed E-state index contributed by atoms with van der Waals surface area (Å²) in [6.07, 6.45) is 5.08. The molecule has 0 spiro atoms. The number of carbonyl (C=O) groups excluding carboxylic acids is 2. The average molecular weight is 435 g/mol. The molecule has 0 radical (unpaired) electrons. The number of nitrogens with one attached hydrogen (secondary N) is 2. The van der Waals surface area contributed by atoms with Crippen LogP contribution in [0.5, 0.6) is 0 Å². The Labute approximate surface area is 185 Å². The number of amides is 2. The number of ether oxygens (including phenoxy) is 1. The monoisotopic (exact) mass is 434 g/mol. The molecule has 31 heavy (non-hydrogen) atoms. The predicted octanol–water partition coefficient (Wildman–Crippen LogP) is 2.88. The van der Waals surface area contributed by atoms with E-state index in [1.807, 2.05) is 13.0 Å². The molecule has 0 bridgehead atoms. The average Bonchev–Trinajstić information content (AvgIpc) is 3.26. The summed E-state index contributed by atoms with van der Waals surface area (Å²) in [5.41, 5.74) is 0.0352. The Balaban J connectivity index is 1.64. The second-order valence-corrected chi connectivity index (χ2v) is 9.77. The van der Waals surface area contributed by atoms with E-state index >= 15 is 0 Å². The molecule has 2 aliphatic carbocycles. The molecular weight excluding hydrogens is 396 g/mol. The van der Waals surface area contributed by atoms with Gasteiger partial charge in [-0.15, -0.1) is 0 Å². The fourth-order valence-corrected chi connectivity index (χ4v) is 5.91. The molecule has 2 amide bonds. The van der Waals surface area contributed by atoms with Gasteiger partial charge in [-0.3, -0.25) is 9.59 Å². The lowest BCUT2D eigenvalue weighted by molar-refractivity contribution is -0.144. The van der Waals surface area contributed by atoms with Crippen LogP contribution in [0.4, 0.5) is 0 Å². The van der Waals surface area contributed by atoms with Crippen molar-refractivity contribution in [2.24, 2.45) is 29.1 Å².